The van der Waals surface area contributed by atoms with Crippen molar-refractivity contribution >= 4 is 28.2 Å². The third-order valence-electron chi connectivity index (χ3n) is 4.32. The number of pyridine rings is 1. The van der Waals surface area contributed by atoms with Crippen LogP contribution in [-0.2, 0) is 5.88 Å². The van der Waals surface area contributed by atoms with Gasteiger partial charge in [-0.1, -0.05) is 18.2 Å². The van der Waals surface area contributed by atoms with E-state index in [2.05, 4.69) is 53.1 Å². The predicted octanol–water partition coefficient (Wildman–Crippen LogP) is 3.36. The minimum absolute atomic E-state index is 0.456. The average Bonchev–Trinajstić information content (AvgIpc) is 2.91. The summed E-state index contributed by atoms with van der Waals surface area (Å²) in [5.74, 6) is 1.20. The van der Waals surface area contributed by atoms with Gasteiger partial charge in [0.1, 0.15) is 0 Å². The molecule has 1 aromatic carbocycles. The number of rotatable bonds is 4. The molecule has 2 heterocycles. The highest BCUT2D eigenvalue weighted by Crippen LogP contribution is 2.28. The first kappa shape index (κ1) is 14.6. The zero-order valence-corrected chi connectivity index (χ0v) is 13.5. The van der Waals surface area contributed by atoms with Gasteiger partial charge in [0.15, 0.2) is 0 Å². The quantitative estimate of drug-likeness (QED) is 0.807. The SMILES string of the molecule is CN1CCC(CN(C)c2cc(CCl)nc3ccccc23)C1. The summed E-state index contributed by atoms with van der Waals surface area (Å²) in [7, 11) is 4.38. The van der Waals surface area contributed by atoms with Gasteiger partial charge in [0, 0.05) is 31.2 Å². The van der Waals surface area contributed by atoms with Crippen molar-refractivity contribution in [1.29, 1.82) is 0 Å². The summed E-state index contributed by atoms with van der Waals surface area (Å²) in [6.07, 6.45) is 1.28. The van der Waals surface area contributed by atoms with Crippen molar-refractivity contribution in [3.05, 3.63) is 36.0 Å². The summed E-state index contributed by atoms with van der Waals surface area (Å²) in [6.45, 7) is 3.48. The van der Waals surface area contributed by atoms with Crippen molar-refractivity contribution in [1.82, 2.24) is 9.88 Å². The third-order valence-corrected chi connectivity index (χ3v) is 4.59. The minimum Gasteiger partial charge on any atom is -0.374 e. The number of halogens is 1. The molecule has 1 unspecified atom stereocenters. The van der Waals surface area contributed by atoms with Crippen LogP contribution in [0.15, 0.2) is 30.3 Å². The van der Waals surface area contributed by atoms with E-state index in [1.54, 1.807) is 0 Å². The Morgan fingerprint density at radius 2 is 2.19 bits per heavy atom. The van der Waals surface area contributed by atoms with Crippen LogP contribution in [0.4, 0.5) is 5.69 Å². The number of fused-ring (bicyclic) bond motifs is 1. The van der Waals surface area contributed by atoms with Gasteiger partial charge in [-0.3, -0.25) is 4.98 Å². The monoisotopic (exact) mass is 303 g/mol. The van der Waals surface area contributed by atoms with Gasteiger partial charge in [-0.25, -0.2) is 0 Å². The van der Waals surface area contributed by atoms with Crippen LogP contribution in [-0.4, -0.2) is 43.6 Å². The number of nitrogens with zero attached hydrogens (tertiary/aromatic N) is 3. The molecular formula is C17H22ClN3. The van der Waals surface area contributed by atoms with E-state index in [1.165, 1.54) is 30.6 Å². The van der Waals surface area contributed by atoms with E-state index < -0.39 is 0 Å². The summed E-state index contributed by atoms with van der Waals surface area (Å²) in [5.41, 5.74) is 3.22. The summed E-state index contributed by atoms with van der Waals surface area (Å²) >= 11 is 6.01. The van der Waals surface area contributed by atoms with Crippen molar-refractivity contribution < 1.29 is 0 Å². The highest BCUT2D eigenvalue weighted by molar-refractivity contribution is 6.17. The molecule has 4 heteroatoms. The lowest BCUT2D eigenvalue weighted by molar-refractivity contribution is 0.396. The zero-order chi connectivity index (χ0) is 14.8. The van der Waals surface area contributed by atoms with Crippen molar-refractivity contribution in [2.45, 2.75) is 12.3 Å². The van der Waals surface area contributed by atoms with Gasteiger partial charge in [0.05, 0.1) is 17.1 Å². The number of alkyl halides is 1. The molecule has 1 aliphatic heterocycles. The predicted molar refractivity (Wildman–Crippen MR) is 90.2 cm³/mol. The smallest absolute Gasteiger partial charge is 0.0726 e. The van der Waals surface area contributed by atoms with Gasteiger partial charge >= 0.3 is 0 Å². The van der Waals surface area contributed by atoms with Crippen molar-refractivity contribution in [3.8, 4) is 0 Å². The molecule has 1 aliphatic rings. The molecule has 0 N–H and O–H groups in total. The van der Waals surface area contributed by atoms with E-state index in [4.69, 9.17) is 11.6 Å². The maximum Gasteiger partial charge on any atom is 0.0726 e. The normalized spacial score (nSPS) is 19.3. The maximum absolute atomic E-state index is 6.01. The number of likely N-dealkylation sites (tertiary alicyclic amines) is 1. The van der Waals surface area contributed by atoms with Crippen molar-refractivity contribution in [3.63, 3.8) is 0 Å². The number of hydrogen-bond acceptors (Lipinski definition) is 3. The molecule has 1 aromatic heterocycles. The van der Waals surface area contributed by atoms with Crippen molar-refractivity contribution in [2.24, 2.45) is 5.92 Å². The fraction of sp³-hybridized carbons (Fsp3) is 0.471. The Hall–Kier alpha value is -1.32. The van der Waals surface area contributed by atoms with E-state index in [9.17, 15) is 0 Å². The van der Waals surface area contributed by atoms with Crippen LogP contribution in [0.5, 0.6) is 0 Å². The standard InChI is InChI=1S/C17H22ClN3/c1-20-8-7-13(11-20)12-21(2)17-9-14(10-18)19-16-6-4-3-5-15(16)17/h3-6,9,13H,7-8,10-12H2,1-2H3. The molecule has 1 fully saturated rings. The lowest BCUT2D eigenvalue weighted by Crippen LogP contribution is -2.27. The van der Waals surface area contributed by atoms with E-state index in [0.717, 1.165) is 23.7 Å². The van der Waals surface area contributed by atoms with Gasteiger partial charge in [-0.2, -0.15) is 0 Å². The third kappa shape index (κ3) is 3.14. The van der Waals surface area contributed by atoms with E-state index in [-0.39, 0.29) is 0 Å². The average molecular weight is 304 g/mol. The number of hydrogen-bond donors (Lipinski definition) is 0. The molecular weight excluding hydrogens is 282 g/mol. The first-order valence-electron chi connectivity index (χ1n) is 7.51. The van der Waals surface area contributed by atoms with Gasteiger partial charge in [-0.15, -0.1) is 11.6 Å². The molecule has 0 amide bonds. The Labute approximate surface area is 131 Å². The van der Waals surface area contributed by atoms with Gasteiger partial charge in [0.2, 0.25) is 0 Å². The molecule has 0 radical (unpaired) electrons. The topological polar surface area (TPSA) is 19.4 Å². The Morgan fingerprint density at radius 1 is 1.38 bits per heavy atom. The first-order valence-corrected chi connectivity index (χ1v) is 8.05. The number of anilines is 1. The molecule has 3 nitrogen and oxygen atoms in total. The Balaban J connectivity index is 1.90. The molecule has 1 saturated heterocycles. The molecule has 2 aromatic rings. The number of aromatic nitrogens is 1. The maximum atomic E-state index is 6.01. The number of para-hydroxylation sites is 1. The molecule has 0 saturated carbocycles. The van der Waals surface area contributed by atoms with Crippen LogP contribution >= 0.6 is 11.6 Å². The molecule has 0 spiro atoms. The van der Waals surface area contributed by atoms with Crippen LogP contribution in [0, 0.1) is 5.92 Å². The molecule has 0 aliphatic carbocycles. The number of benzene rings is 1. The lowest BCUT2D eigenvalue weighted by Gasteiger charge is -2.25. The van der Waals surface area contributed by atoms with E-state index in [1.807, 2.05) is 6.07 Å². The largest absolute Gasteiger partial charge is 0.374 e. The van der Waals surface area contributed by atoms with Crippen LogP contribution in [0.1, 0.15) is 12.1 Å². The van der Waals surface area contributed by atoms with Crippen LogP contribution in [0.3, 0.4) is 0 Å². The molecule has 1 atom stereocenters. The fourth-order valence-electron chi connectivity index (χ4n) is 3.26. The highest BCUT2D eigenvalue weighted by Gasteiger charge is 2.21. The molecule has 3 rings (SSSR count). The van der Waals surface area contributed by atoms with Gasteiger partial charge < -0.3 is 9.80 Å². The summed E-state index contributed by atoms with van der Waals surface area (Å²) in [6, 6.07) is 10.4. The van der Waals surface area contributed by atoms with Crippen LogP contribution in [0.2, 0.25) is 0 Å². The summed E-state index contributed by atoms with van der Waals surface area (Å²) in [4.78, 5) is 9.39. The van der Waals surface area contributed by atoms with Gasteiger partial charge in [0.25, 0.3) is 0 Å². The van der Waals surface area contributed by atoms with Crippen molar-refractivity contribution in [2.75, 3.05) is 38.6 Å². The Morgan fingerprint density at radius 3 is 2.90 bits per heavy atom. The second kappa shape index (κ2) is 6.20. The zero-order valence-electron chi connectivity index (χ0n) is 12.7. The summed E-state index contributed by atoms with van der Waals surface area (Å²) < 4.78 is 0. The lowest BCUT2D eigenvalue weighted by atomic mass is 10.1. The molecule has 0 bridgehead atoms. The second-order valence-electron chi connectivity index (χ2n) is 6.08. The van der Waals surface area contributed by atoms with Gasteiger partial charge in [-0.05, 0) is 38.1 Å². The fourth-order valence-corrected chi connectivity index (χ4v) is 3.39. The highest BCUT2D eigenvalue weighted by atomic mass is 35.5. The van der Waals surface area contributed by atoms with E-state index >= 15 is 0 Å². The first-order chi connectivity index (χ1) is 10.2. The van der Waals surface area contributed by atoms with Crippen LogP contribution < -0.4 is 4.90 Å². The van der Waals surface area contributed by atoms with Crippen LogP contribution in [0.25, 0.3) is 10.9 Å². The Kier molecular flexibility index (Phi) is 4.32. The minimum atomic E-state index is 0.456. The summed E-state index contributed by atoms with van der Waals surface area (Å²) in [5, 5.41) is 1.21. The second-order valence-corrected chi connectivity index (χ2v) is 6.35. The van der Waals surface area contributed by atoms with E-state index in [0.29, 0.717) is 5.88 Å². The molecule has 112 valence electrons. The Bertz CT molecular complexity index is 628. The molecule has 21 heavy (non-hydrogen) atoms.